The zero-order valence-electron chi connectivity index (χ0n) is 10.3. The van der Waals surface area contributed by atoms with Gasteiger partial charge in [-0.3, -0.25) is 9.89 Å². The van der Waals surface area contributed by atoms with E-state index in [0.717, 1.165) is 27.8 Å². The number of para-hydroxylation sites is 1. The van der Waals surface area contributed by atoms with E-state index in [2.05, 4.69) is 10.2 Å². The van der Waals surface area contributed by atoms with Crippen LogP contribution in [0, 0.1) is 6.92 Å². The molecule has 0 spiro atoms. The van der Waals surface area contributed by atoms with Crippen LogP contribution in [0.1, 0.15) is 11.3 Å². The van der Waals surface area contributed by atoms with E-state index >= 15 is 0 Å². The van der Waals surface area contributed by atoms with Crippen molar-refractivity contribution < 1.29 is 14.3 Å². The Labute approximate surface area is 108 Å². The van der Waals surface area contributed by atoms with Crippen LogP contribution in [0.5, 0.6) is 0 Å². The Hall–Kier alpha value is -2.56. The second-order valence-electron chi connectivity index (χ2n) is 4.39. The van der Waals surface area contributed by atoms with Crippen molar-refractivity contribution in [3.05, 3.63) is 41.8 Å². The Morgan fingerprint density at radius 3 is 3.00 bits per heavy atom. The SMILES string of the molecule is Cc1c(-c2coc3ccccc23)n[nH]c1CC(=O)O. The lowest BCUT2D eigenvalue weighted by Crippen LogP contribution is -2.01. The van der Waals surface area contributed by atoms with Crippen LogP contribution in [0.3, 0.4) is 0 Å². The predicted molar refractivity (Wildman–Crippen MR) is 69.9 cm³/mol. The molecule has 96 valence electrons. The molecular formula is C14H12N2O3. The number of carboxylic acid groups (broad SMARTS) is 1. The molecule has 0 saturated heterocycles. The second-order valence-corrected chi connectivity index (χ2v) is 4.39. The highest BCUT2D eigenvalue weighted by atomic mass is 16.4. The quantitative estimate of drug-likeness (QED) is 0.755. The first-order valence-electron chi connectivity index (χ1n) is 5.89. The van der Waals surface area contributed by atoms with Gasteiger partial charge in [0.25, 0.3) is 0 Å². The summed E-state index contributed by atoms with van der Waals surface area (Å²) >= 11 is 0. The van der Waals surface area contributed by atoms with Crippen LogP contribution >= 0.6 is 0 Å². The molecule has 2 heterocycles. The summed E-state index contributed by atoms with van der Waals surface area (Å²) in [6.07, 6.45) is 1.59. The highest BCUT2D eigenvalue weighted by Crippen LogP contribution is 2.31. The number of rotatable bonds is 3. The van der Waals surface area contributed by atoms with Gasteiger partial charge in [0.1, 0.15) is 11.8 Å². The van der Waals surface area contributed by atoms with Crippen LogP contribution in [0.4, 0.5) is 0 Å². The normalized spacial score (nSPS) is 11.0. The van der Waals surface area contributed by atoms with E-state index in [1.54, 1.807) is 6.26 Å². The van der Waals surface area contributed by atoms with Crippen molar-refractivity contribution in [2.24, 2.45) is 0 Å². The zero-order chi connectivity index (χ0) is 13.4. The van der Waals surface area contributed by atoms with Gasteiger partial charge in [0.2, 0.25) is 0 Å². The maximum Gasteiger partial charge on any atom is 0.309 e. The molecule has 5 heteroatoms. The third-order valence-corrected chi connectivity index (χ3v) is 3.17. The minimum absolute atomic E-state index is 0.0609. The summed E-state index contributed by atoms with van der Waals surface area (Å²) in [5, 5.41) is 16.8. The fraction of sp³-hybridized carbons (Fsp3) is 0.143. The van der Waals surface area contributed by atoms with Gasteiger partial charge < -0.3 is 9.52 Å². The highest BCUT2D eigenvalue weighted by molar-refractivity contribution is 5.93. The van der Waals surface area contributed by atoms with E-state index in [1.165, 1.54) is 0 Å². The lowest BCUT2D eigenvalue weighted by Gasteiger charge is -1.96. The highest BCUT2D eigenvalue weighted by Gasteiger charge is 2.16. The van der Waals surface area contributed by atoms with E-state index in [1.807, 2.05) is 31.2 Å². The Bertz CT molecular complexity index is 755. The minimum atomic E-state index is -0.879. The molecule has 5 nitrogen and oxygen atoms in total. The predicted octanol–water partition coefficient (Wildman–Crippen LogP) is 2.76. The maximum atomic E-state index is 10.8. The number of benzene rings is 1. The molecule has 1 aromatic carbocycles. The van der Waals surface area contributed by atoms with Crippen LogP contribution < -0.4 is 0 Å². The average molecular weight is 256 g/mol. The van der Waals surface area contributed by atoms with Gasteiger partial charge in [0.15, 0.2) is 0 Å². The maximum absolute atomic E-state index is 10.8. The van der Waals surface area contributed by atoms with Crippen molar-refractivity contribution in [3.8, 4) is 11.3 Å². The standard InChI is InChI=1S/C14H12N2O3/c1-8-11(6-13(17)18)15-16-14(8)10-7-19-12-5-3-2-4-9(10)12/h2-5,7H,6H2,1H3,(H,15,16)(H,17,18). The Kier molecular flexibility index (Phi) is 2.59. The number of carbonyl (C=O) groups is 1. The summed E-state index contributed by atoms with van der Waals surface area (Å²) in [5.74, 6) is -0.879. The van der Waals surface area contributed by atoms with Gasteiger partial charge in [0, 0.05) is 16.6 Å². The summed E-state index contributed by atoms with van der Waals surface area (Å²) in [7, 11) is 0. The third-order valence-electron chi connectivity index (χ3n) is 3.17. The molecule has 0 unspecified atom stereocenters. The first-order valence-corrected chi connectivity index (χ1v) is 5.89. The van der Waals surface area contributed by atoms with E-state index in [9.17, 15) is 4.79 Å². The second kappa shape index (κ2) is 4.28. The zero-order valence-corrected chi connectivity index (χ0v) is 10.3. The Morgan fingerprint density at radius 2 is 2.21 bits per heavy atom. The van der Waals surface area contributed by atoms with Gasteiger partial charge in [-0.2, -0.15) is 5.10 Å². The van der Waals surface area contributed by atoms with Gasteiger partial charge in [-0.25, -0.2) is 0 Å². The van der Waals surface area contributed by atoms with Gasteiger partial charge in [-0.1, -0.05) is 18.2 Å². The third kappa shape index (κ3) is 1.89. The smallest absolute Gasteiger partial charge is 0.309 e. The molecule has 0 saturated carbocycles. The lowest BCUT2D eigenvalue weighted by atomic mass is 10.1. The fourth-order valence-corrected chi connectivity index (χ4v) is 2.18. The number of aliphatic carboxylic acids is 1. The van der Waals surface area contributed by atoms with E-state index < -0.39 is 5.97 Å². The molecule has 0 aliphatic rings. The molecule has 0 fully saturated rings. The number of furan rings is 1. The van der Waals surface area contributed by atoms with Crippen molar-refractivity contribution in [2.75, 3.05) is 0 Å². The fourth-order valence-electron chi connectivity index (χ4n) is 2.18. The minimum Gasteiger partial charge on any atom is -0.481 e. The molecule has 0 atom stereocenters. The summed E-state index contributed by atoms with van der Waals surface area (Å²) in [6.45, 7) is 1.86. The number of carboxylic acids is 1. The van der Waals surface area contributed by atoms with Crippen LogP contribution in [0.25, 0.3) is 22.2 Å². The van der Waals surface area contributed by atoms with Gasteiger partial charge in [0.05, 0.1) is 12.1 Å². The number of aromatic nitrogens is 2. The Morgan fingerprint density at radius 1 is 1.42 bits per heavy atom. The van der Waals surface area contributed by atoms with Crippen molar-refractivity contribution in [1.82, 2.24) is 10.2 Å². The van der Waals surface area contributed by atoms with Crippen LogP contribution in [0.15, 0.2) is 34.9 Å². The van der Waals surface area contributed by atoms with Gasteiger partial charge >= 0.3 is 5.97 Å². The van der Waals surface area contributed by atoms with E-state index in [4.69, 9.17) is 9.52 Å². The molecule has 2 N–H and O–H groups in total. The number of aromatic amines is 1. The van der Waals surface area contributed by atoms with E-state index in [-0.39, 0.29) is 6.42 Å². The van der Waals surface area contributed by atoms with Crippen molar-refractivity contribution in [2.45, 2.75) is 13.3 Å². The van der Waals surface area contributed by atoms with Crippen molar-refractivity contribution in [3.63, 3.8) is 0 Å². The molecule has 3 rings (SSSR count). The molecule has 0 aliphatic heterocycles. The Balaban J connectivity index is 2.12. The van der Waals surface area contributed by atoms with Crippen LogP contribution in [-0.2, 0) is 11.2 Å². The number of nitrogens with one attached hydrogen (secondary N) is 1. The number of H-pyrrole nitrogens is 1. The number of hydrogen-bond acceptors (Lipinski definition) is 3. The van der Waals surface area contributed by atoms with Crippen molar-refractivity contribution in [1.29, 1.82) is 0 Å². The molecule has 19 heavy (non-hydrogen) atoms. The first kappa shape index (κ1) is 11.5. The van der Waals surface area contributed by atoms with Gasteiger partial charge in [-0.05, 0) is 18.6 Å². The van der Waals surface area contributed by atoms with Crippen molar-refractivity contribution >= 4 is 16.9 Å². The van der Waals surface area contributed by atoms with Crippen LogP contribution in [-0.4, -0.2) is 21.3 Å². The molecule has 0 amide bonds. The molecule has 0 aliphatic carbocycles. The molecule has 0 bridgehead atoms. The molecule has 3 aromatic rings. The summed E-state index contributed by atoms with van der Waals surface area (Å²) < 4.78 is 5.48. The monoisotopic (exact) mass is 256 g/mol. The number of nitrogens with zero attached hydrogens (tertiary/aromatic N) is 1. The largest absolute Gasteiger partial charge is 0.481 e. The van der Waals surface area contributed by atoms with Gasteiger partial charge in [-0.15, -0.1) is 0 Å². The molecule has 0 radical (unpaired) electrons. The lowest BCUT2D eigenvalue weighted by molar-refractivity contribution is -0.136. The average Bonchev–Trinajstić information content (AvgIpc) is 2.94. The van der Waals surface area contributed by atoms with Crippen LogP contribution in [0.2, 0.25) is 0 Å². The number of fused-ring (bicyclic) bond motifs is 1. The molecular weight excluding hydrogens is 244 g/mol. The van der Waals surface area contributed by atoms with E-state index in [0.29, 0.717) is 5.69 Å². The summed E-state index contributed by atoms with van der Waals surface area (Å²) in [5.41, 5.74) is 3.86. The summed E-state index contributed by atoms with van der Waals surface area (Å²) in [4.78, 5) is 10.8. The topological polar surface area (TPSA) is 79.1 Å². The number of hydrogen-bond donors (Lipinski definition) is 2. The molecule has 2 aromatic heterocycles. The summed E-state index contributed by atoms with van der Waals surface area (Å²) in [6, 6.07) is 7.68. The first-order chi connectivity index (χ1) is 9.16.